The van der Waals surface area contributed by atoms with Crippen LogP contribution in [0.3, 0.4) is 0 Å². The molecule has 14 nitrogen and oxygen atoms in total. The third kappa shape index (κ3) is 18.6. The van der Waals surface area contributed by atoms with Crippen molar-refractivity contribution >= 4 is 41.3 Å². The number of carboxylic acid groups (broad SMARTS) is 1. The minimum absolute atomic E-state index is 0.234. The molecule has 456 valence electrons. The van der Waals surface area contributed by atoms with E-state index in [0.29, 0.717) is 32.7 Å². The number of nitrogens with zero attached hydrogens (tertiary/aromatic N) is 3. The van der Waals surface area contributed by atoms with Gasteiger partial charge in [-0.3, -0.25) is 19.2 Å². The number of H-pyrrole nitrogens is 3. The first-order valence-corrected chi connectivity index (χ1v) is 31.8. The van der Waals surface area contributed by atoms with Crippen molar-refractivity contribution in [2.24, 2.45) is 0 Å². The first-order valence-electron chi connectivity index (χ1n) is 28.9. The Balaban J connectivity index is 0.000000157. The molecular weight excluding hydrogens is 1200 g/mol. The Morgan fingerprint density at radius 2 is 0.495 bits per heavy atom. The fourth-order valence-electron chi connectivity index (χ4n) is 9.96. The molecule has 9 aromatic carbocycles. The van der Waals surface area contributed by atoms with Gasteiger partial charge in [0.05, 0.1) is 16.7 Å². The number of aliphatic carboxylic acids is 1. The molecule has 0 aliphatic heterocycles. The molecule has 0 spiro atoms. The largest absolute Gasteiger partial charge is 0.493 e. The van der Waals surface area contributed by atoms with Gasteiger partial charge in [-0.2, -0.15) is 15.0 Å². The van der Waals surface area contributed by atoms with E-state index in [0.717, 1.165) is 57.0 Å². The van der Waals surface area contributed by atoms with Crippen LogP contribution in [0.15, 0.2) is 303 Å². The van der Waals surface area contributed by atoms with Gasteiger partial charge in [0.2, 0.25) is 17.6 Å². The summed E-state index contributed by atoms with van der Waals surface area (Å²) in [6.07, 6.45) is 0. The Kier molecular flexibility index (Phi) is 23.7. The van der Waals surface area contributed by atoms with E-state index in [1.807, 2.05) is 273 Å². The minimum Gasteiger partial charge on any atom is -0.493 e. The molecule has 0 radical (unpaired) electrons. The highest BCUT2D eigenvalue weighted by molar-refractivity contribution is 7.98. The summed E-state index contributed by atoms with van der Waals surface area (Å²) in [4.78, 5) is 69.4. The van der Waals surface area contributed by atoms with Crippen LogP contribution in [-0.2, 0) is 22.1 Å². The molecule has 0 unspecified atom stereocenters. The highest BCUT2D eigenvalue weighted by Gasteiger charge is 2.28. The molecule has 3 heterocycles. The van der Waals surface area contributed by atoms with Crippen LogP contribution in [0.25, 0.3) is 0 Å². The molecule has 0 aliphatic rings. The second-order valence-electron chi connectivity index (χ2n) is 20.4. The van der Waals surface area contributed by atoms with E-state index in [1.165, 1.54) is 35.3 Å². The van der Waals surface area contributed by atoms with E-state index in [1.54, 1.807) is 0 Å². The highest BCUT2D eigenvalue weighted by Crippen LogP contribution is 2.38. The maximum Gasteiger partial charge on any atom is 0.300 e. The van der Waals surface area contributed by atoms with Crippen molar-refractivity contribution in [3.05, 3.63) is 371 Å². The number of aromatic amines is 3. The molecule has 12 rings (SSSR count). The molecule has 0 bridgehead atoms. The van der Waals surface area contributed by atoms with Crippen LogP contribution in [0, 0.1) is 0 Å². The first kappa shape index (κ1) is 65.0. The Hall–Kier alpha value is -10.5. The van der Waals surface area contributed by atoms with E-state index in [9.17, 15) is 29.7 Å². The Labute approximate surface area is 539 Å². The number of thioether (sulfide) groups is 3. The number of benzene rings is 9. The van der Waals surface area contributed by atoms with E-state index >= 15 is 0 Å². The number of nitrogens with one attached hydrogen (secondary N) is 3. The second-order valence-corrected chi connectivity index (χ2v) is 23.3. The summed E-state index contributed by atoms with van der Waals surface area (Å²) in [6.45, 7) is 1.08. The number of hydrogen-bond donors (Lipinski definition) is 7. The van der Waals surface area contributed by atoms with Crippen molar-refractivity contribution in [1.29, 1.82) is 0 Å². The predicted molar refractivity (Wildman–Crippen MR) is 362 cm³/mol. The second kappa shape index (κ2) is 33.2. The van der Waals surface area contributed by atoms with Crippen LogP contribution < -0.4 is 16.7 Å². The Morgan fingerprint density at radius 3 is 0.659 bits per heavy atom. The van der Waals surface area contributed by atoms with Crippen molar-refractivity contribution in [1.82, 2.24) is 29.9 Å². The zero-order valence-electron chi connectivity index (χ0n) is 49.3. The van der Waals surface area contributed by atoms with Crippen molar-refractivity contribution in [3.63, 3.8) is 0 Å². The zero-order chi connectivity index (χ0) is 63.7. The molecule has 0 amide bonds. The molecule has 3 aromatic heterocycles. The standard InChI is InChI=1S/3C24H20N2O2S.C2H4O2/c3*27-22-21(20(18-12-6-2-7-13-18)19-14-8-3-9-15-19)23(28)26-24(25-22)29-16-17-10-4-1-5-11-17;1-2(3)4/h3*1-15,20H,16H2,(H2,25,26,27,28);1H3,(H,3,4). The summed E-state index contributed by atoms with van der Waals surface area (Å²) in [7, 11) is 0. The number of aromatic nitrogens is 6. The van der Waals surface area contributed by atoms with Gasteiger partial charge in [0.1, 0.15) is 0 Å². The monoisotopic (exact) mass is 1260 g/mol. The van der Waals surface area contributed by atoms with E-state index in [-0.39, 0.29) is 51.0 Å². The van der Waals surface area contributed by atoms with Gasteiger partial charge in [0, 0.05) is 41.9 Å². The van der Waals surface area contributed by atoms with Crippen LogP contribution in [-0.4, -0.2) is 56.3 Å². The van der Waals surface area contributed by atoms with E-state index < -0.39 is 23.7 Å². The smallest absolute Gasteiger partial charge is 0.300 e. The first-order chi connectivity index (χ1) is 44.4. The highest BCUT2D eigenvalue weighted by atomic mass is 32.2. The number of carboxylic acids is 1. The third-order valence-electron chi connectivity index (χ3n) is 14.1. The maximum absolute atomic E-state index is 13.0. The lowest BCUT2D eigenvalue weighted by atomic mass is 9.86. The Bertz CT molecular complexity index is 3830. The molecule has 0 fully saturated rings. The van der Waals surface area contributed by atoms with Crippen LogP contribution in [0.1, 0.15) is 91.4 Å². The van der Waals surface area contributed by atoms with Crippen molar-refractivity contribution in [3.8, 4) is 17.6 Å². The molecule has 12 aromatic rings. The fraction of sp³-hybridized carbons (Fsp3) is 0.0946. The van der Waals surface area contributed by atoms with Gasteiger partial charge in [0.15, 0.2) is 15.5 Å². The molecule has 0 aliphatic carbocycles. The predicted octanol–water partition coefficient (Wildman–Crippen LogP) is 14.9. The van der Waals surface area contributed by atoms with Gasteiger partial charge in [-0.05, 0) is 50.1 Å². The van der Waals surface area contributed by atoms with Crippen LogP contribution in [0.4, 0.5) is 0 Å². The fourth-order valence-corrected chi connectivity index (χ4v) is 12.4. The van der Waals surface area contributed by atoms with E-state index in [2.05, 4.69) is 29.9 Å². The maximum atomic E-state index is 13.0. The average Bonchev–Trinajstić information content (AvgIpc) is 0.906. The minimum atomic E-state index is -0.833. The molecule has 0 atom stereocenters. The van der Waals surface area contributed by atoms with Gasteiger partial charge in [-0.15, -0.1) is 0 Å². The third-order valence-corrected chi connectivity index (χ3v) is 16.9. The van der Waals surface area contributed by atoms with Gasteiger partial charge < -0.3 is 35.4 Å². The average molecular weight is 1260 g/mol. The lowest BCUT2D eigenvalue weighted by molar-refractivity contribution is -0.134. The summed E-state index contributed by atoms with van der Waals surface area (Å²) in [5.41, 5.74) is 8.68. The SMILES string of the molecule is CC(=O)O.O=c1[nH]c(SCc2ccccc2)nc(O)c1C(c1ccccc1)c1ccccc1.O=c1[nH]c(SCc2ccccc2)nc(O)c1C(c1ccccc1)c1ccccc1.O=c1[nH]c(SCc2ccccc2)nc(O)c1C(c1ccccc1)c1ccccc1. The number of carbonyl (C=O) groups is 1. The topological polar surface area (TPSA) is 235 Å². The van der Waals surface area contributed by atoms with Crippen LogP contribution in [0.2, 0.25) is 0 Å². The van der Waals surface area contributed by atoms with Gasteiger partial charge in [0.25, 0.3) is 22.6 Å². The normalized spacial score (nSPS) is 10.7. The zero-order valence-corrected chi connectivity index (χ0v) is 51.8. The van der Waals surface area contributed by atoms with Crippen LogP contribution in [0.5, 0.6) is 17.6 Å². The molecule has 91 heavy (non-hydrogen) atoms. The summed E-state index contributed by atoms with van der Waals surface area (Å²) in [5.74, 6) is -0.771. The van der Waals surface area contributed by atoms with Gasteiger partial charge in [-0.25, -0.2) is 0 Å². The molecule has 17 heteroatoms. The number of hydrogen-bond acceptors (Lipinski definition) is 13. The lowest BCUT2D eigenvalue weighted by Gasteiger charge is -2.18. The molecule has 0 saturated carbocycles. The van der Waals surface area contributed by atoms with Crippen molar-refractivity contribution in [2.75, 3.05) is 0 Å². The van der Waals surface area contributed by atoms with Gasteiger partial charge in [-0.1, -0.05) is 308 Å². The number of rotatable bonds is 18. The summed E-state index contributed by atoms with van der Waals surface area (Å²) < 4.78 is 0. The quantitative estimate of drug-likeness (QED) is 0.0313. The lowest BCUT2D eigenvalue weighted by Crippen LogP contribution is -2.20. The number of aromatic hydroxyl groups is 3. The molecule has 7 N–H and O–H groups in total. The van der Waals surface area contributed by atoms with Gasteiger partial charge >= 0.3 is 0 Å². The summed E-state index contributed by atoms with van der Waals surface area (Å²) in [6, 6.07) is 87.9. The molecular formula is C74H64N6O8S3. The summed E-state index contributed by atoms with van der Waals surface area (Å²) >= 11 is 4.16. The van der Waals surface area contributed by atoms with Crippen molar-refractivity contribution < 1.29 is 25.2 Å². The molecule has 0 saturated heterocycles. The van der Waals surface area contributed by atoms with Crippen molar-refractivity contribution in [2.45, 2.75) is 57.4 Å². The Morgan fingerprint density at radius 1 is 0.330 bits per heavy atom. The van der Waals surface area contributed by atoms with Crippen LogP contribution >= 0.6 is 35.3 Å². The van der Waals surface area contributed by atoms with E-state index in [4.69, 9.17) is 9.90 Å². The summed E-state index contributed by atoms with van der Waals surface area (Å²) in [5, 5.41) is 40.8.